The topological polar surface area (TPSA) is 24.8 Å². The van der Waals surface area contributed by atoms with Crippen LogP contribution in [0, 0.1) is 0 Å². The average Bonchev–Trinajstić information content (AvgIpc) is 2.60. The summed E-state index contributed by atoms with van der Waals surface area (Å²) in [5.41, 5.74) is 4.66. The zero-order valence-electron chi connectivity index (χ0n) is 16.2. The van der Waals surface area contributed by atoms with Crippen LogP contribution < -0.4 is 9.64 Å². The lowest BCUT2D eigenvalue weighted by atomic mass is 9.79. The highest BCUT2D eigenvalue weighted by molar-refractivity contribution is 6.30. The number of methoxy groups -OCH3 is 1. The molecule has 1 unspecified atom stereocenters. The molecule has 2 aromatic carbocycles. The van der Waals surface area contributed by atoms with Crippen LogP contribution in [-0.4, -0.2) is 25.4 Å². The summed E-state index contributed by atoms with van der Waals surface area (Å²) < 4.78 is 5.68. The number of anilines is 1. The molecule has 0 aromatic heterocycles. The van der Waals surface area contributed by atoms with Gasteiger partial charge in [-0.15, -0.1) is 0 Å². The molecule has 0 radical (unpaired) electrons. The van der Waals surface area contributed by atoms with Gasteiger partial charge in [-0.1, -0.05) is 18.5 Å². The maximum atomic E-state index is 5.95. The number of rotatable bonds is 4. The van der Waals surface area contributed by atoms with E-state index in [1.807, 2.05) is 30.5 Å². The first kappa shape index (κ1) is 18.8. The Balaban J connectivity index is 2.03. The third-order valence-corrected chi connectivity index (χ3v) is 5.48. The Kier molecular flexibility index (Phi) is 5.29. The van der Waals surface area contributed by atoms with Crippen molar-refractivity contribution in [3.05, 3.63) is 52.5 Å². The van der Waals surface area contributed by atoms with Gasteiger partial charge in [-0.05, 0) is 69.0 Å². The van der Waals surface area contributed by atoms with Crippen LogP contribution in [0.3, 0.4) is 0 Å². The molecule has 0 fully saturated rings. The first-order valence-electron chi connectivity index (χ1n) is 9.15. The summed E-state index contributed by atoms with van der Waals surface area (Å²) >= 11 is 5.95. The lowest BCUT2D eigenvalue weighted by molar-refractivity contribution is 0.377. The summed E-state index contributed by atoms with van der Waals surface area (Å²) in [6.45, 7) is 10.1. The van der Waals surface area contributed by atoms with Crippen molar-refractivity contribution in [3.63, 3.8) is 0 Å². The number of aliphatic imine (C=N–C) groups is 1. The van der Waals surface area contributed by atoms with Gasteiger partial charge >= 0.3 is 0 Å². The number of hydrogen-bond donors (Lipinski definition) is 0. The Morgan fingerprint density at radius 3 is 2.58 bits per heavy atom. The second kappa shape index (κ2) is 7.32. The quantitative estimate of drug-likeness (QED) is 0.597. The Bertz CT molecular complexity index is 812. The normalized spacial score (nSPS) is 18.8. The van der Waals surface area contributed by atoms with Gasteiger partial charge < -0.3 is 9.64 Å². The fourth-order valence-electron chi connectivity index (χ4n) is 4.07. The highest BCUT2D eigenvalue weighted by atomic mass is 35.5. The van der Waals surface area contributed by atoms with E-state index >= 15 is 0 Å². The maximum absolute atomic E-state index is 5.95. The number of hydrogen-bond acceptors (Lipinski definition) is 3. The first-order chi connectivity index (χ1) is 12.4. The van der Waals surface area contributed by atoms with Crippen molar-refractivity contribution < 1.29 is 4.74 Å². The van der Waals surface area contributed by atoms with E-state index < -0.39 is 0 Å². The van der Waals surface area contributed by atoms with E-state index in [0.29, 0.717) is 10.9 Å². The summed E-state index contributed by atoms with van der Waals surface area (Å²) in [5, 5.41) is 0.714. The van der Waals surface area contributed by atoms with E-state index in [2.05, 4.69) is 49.7 Å². The molecule has 2 aromatic rings. The van der Waals surface area contributed by atoms with Gasteiger partial charge in [-0.2, -0.15) is 0 Å². The zero-order chi connectivity index (χ0) is 18.9. The van der Waals surface area contributed by atoms with E-state index in [9.17, 15) is 0 Å². The Hall–Kier alpha value is -2.00. The van der Waals surface area contributed by atoms with Gasteiger partial charge in [0.1, 0.15) is 5.75 Å². The second-order valence-corrected chi connectivity index (χ2v) is 7.99. The average molecular weight is 371 g/mol. The molecule has 0 saturated heterocycles. The van der Waals surface area contributed by atoms with Crippen molar-refractivity contribution in [2.45, 2.75) is 45.6 Å². The zero-order valence-corrected chi connectivity index (χ0v) is 17.0. The van der Waals surface area contributed by atoms with Gasteiger partial charge in [0.2, 0.25) is 0 Å². The van der Waals surface area contributed by atoms with E-state index in [0.717, 1.165) is 30.0 Å². The predicted octanol–water partition coefficient (Wildman–Crippen LogP) is 6.21. The molecule has 1 aliphatic heterocycles. The Labute approximate surface area is 161 Å². The molecule has 138 valence electrons. The summed E-state index contributed by atoms with van der Waals surface area (Å²) in [6.07, 6.45) is 3.01. The van der Waals surface area contributed by atoms with E-state index in [4.69, 9.17) is 16.3 Å². The van der Waals surface area contributed by atoms with Gasteiger partial charge in [0.15, 0.2) is 0 Å². The molecule has 3 rings (SSSR count). The minimum atomic E-state index is 0.144. The molecule has 1 aliphatic rings. The van der Waals surface area contributed by atoms with Crippen LogP contribution in [0.1, 0.15) is 51.2 Å². The van der Waals surface area contributed by atoms with Crippen molar-refractivity contribution in [3.8, 4) is 5.75 Å². The third-order valence-electron chi connectivity index (χ3n) is 5.23. The molecule has 1 atom stereocenters. The highest BCUT2D eigenvalue weighted by Crippen LogP contribution is 2.45. The molecule has 0 amide bonds. The minimum absolute atomic E-state index is 0.144. The van der Waals surface area contributed by atoms with Crippen LogP contribution in [-0.2, 0) is 0 Å². The fraction of sp³-hybridized carbons (Fsp3) is 0.409. The van der Waals surface area contributed by atoms with Crippen LogP contribution >= 0.6 is 11.6 Å². The van der Waals surface area contributed by atoms with Gasteiger partial charge in [0.05, 0.1) is 12.8 Å². The summed E-state index contributed by atoms with van der Waals surface area (Å²) in [4.78, 5) is 7.07. The van der Waals surface area contributed by atoms with E-state index in [-0.39, 0.29) is 5.54 Å². The molecule has 1 heterocycles. The van der Waals surface area contributed by atoms with Crippen LogP contribution in [0.25, 0.3) is 0 Å². The van der Waals surface area contributed by atoms with Gasteiger partial charge in [-0.25, -0.2) is 0 Å². The molecule has 0 saturated carbocycles. The van der Waals surface area contributed by atoms with Gasteiger partial charge in [0, 0.05) is 40.6 Å². The SMILES string of the molecule is CCN1c2cc(OC)c(C=Nc3ccc(Cl)cc3)cc2C(C)CC1(C)C. The molecule has 4 heteroatoms. The molecule has 3 nitrogen and oxygen atoms in total. The van der Waals surface area contributed by atoms with E-state index in [1.165, 1.54) is 11.3 Å². The van der Waals surface area contributed by atoms with Crippen LogP contribution in [0.4, 0.5) is 11.4 Å². The Morgan fingerprint density at radius 2 is 1.96 bits per heavy atom. The predicted molar refractivity (Wildman–Crippen MR) is 112 cm³/mol. The number of ether oxygens (including phenoxy) is 1. The summed E-state index contributed by atoms with van der Waals surface area (Å²) in [7, 11) is 1.72. The molecule has 0 aliphatic carbocycles. The summed E-state index contributed by atoms with van der Waals surface area (Å²) in [6, 6.07) is 11.9. The van der Waals surface area contributed by atoms with Crippen molar-refractivity contribution in [1.82, 2.24) is 0 Å². The number of nitrogens with zero attached hydrogens (tertiary/aromatic N) is 2. The highest BCUT2D eigenvalue weighted by Gasteiger charge is 2.36. The lowest BCUT2D eigenvalue weighted by Crippen LogP contribution is -2.48. The second-order valence-electron chi connectivity index (χ2n) is 7.55. The number of benzene rings is 2. The third kappa shape index (κ3) is 3.59. The van der Waals surface area contributed by atoms with Crippen molar-refractivity contribution >= 4 is 29.2 Å². The van der Waals surface area contributed by atoms with Gasteiger partial charge in [0.25, 0.3) is 0 Å². The smallest absolute Gasteiger partial charge is 0.129 e. The first-order valence-corrected chi connectivity index (χ1v) is 9.52. The largest absolute Gasteiger partial charge is 0.496 e. The Morgan fingerprint density at radius 1 is 1.27 bits per heavy atom. The summed E-state index contributed by atoms with van der Waals surface area (Å²) in [5.74, 6) is 1.35. The van der Waals surface area contributed by atoms with Crippen LogP contribution in [0.15, 0.2) is 41.4 Å². The number of halogens is 1. The molecular formula is C22H27ClN2O. The van der Waals surface area contributed by atoms with Crippen molar-refractivity contribution in [2.24, 2.45) is 4.99 Å². The molecule has 0 spiro atoms. The van der Waals surface area contributed by atoms with E-state index in [1.54, 1.807) is 7.11 Å². The van der Waals surface area contributed by atoms with Crippen LogP contribution in [0.5, 0.6) is 5.75 Å². The van der Waals surface area contributed by atoms with Crippen molar-refractivity contribution in [2.75, 3.05) is 18.6 Å². The van der Waals surface area contributed by atoms with Crippen molar-refractivity contribution in [1.29, 1.82) is 0 Å². The standard InChI is InChI=1S/C22H27ClN2O/c1-6-25-20-12-21(26-5)16(11-19(20)15(2)13-22(25,3)4)14-24-18-9-7-17(23)8-10-18/h7-12,14-15H,6,13H2,1-5H3. The molecule has 0 bridgehead atoms. The monoisotopic (exact) mass is 370 g/mol. The van der Waals surface area contributed by atoms with Gasteiger partial charge in [-0.3, -0.25) is 4.99 Å². The molecule has 26 heavy (non-hydrogen) atoms. The maximum Gasteiger partial charge on any atom is 0.129 e. The minimum Gasteiger partial charge on any atom is -0.496 e. The molecule has 0 N–H and O–H groups in total. The van der Waals surface area contributed by atoms with Crippen LogP contribution in [0.2, 0.25) is 5.02 Å². The fourth-order valence-corrected chi connectivity index (χ4v) is 4.20. The number of fused-ring (bicyclic) bond motifs is 1. The lowest BCUT2D eigenvalue weighted by Gasteiger charge is -2.47. The molecular weight excluding hydrogens is 344 g/mol.